The van der Waals surface area contributed by atoms with Gasteiger partial charge in [-0.05, 0) is 59.5 Å². The van der Waals surface area contributed by atoms with E-state index >= 15 is 0 Å². The summed E-state index contributed by atoms with van der Waals surface area (Å²) in [6, 6.07) is 19.5. The van der Waals surface area contributed by atoms with Crippen LogP contribution in [-0.2, 0) is 0 Å². The average molecular weight is 446 g/mol. The third-order valence-electron chi connectivity index (χ3n) is 4.52. The number of carbonyl (C=O) groups excluding carboxylic acids is 2. The summed E-state index contributed by atoms with van der Waals surface area (Å²) < 4.78 is 12.6. The van der Waals surface area contributed by atoms with E-state index < -0.39 is 5.97 Å². The molecular weight excluding hydrogens is 426 g/mol. The summed E-state index contributed by atoms with van der Waals surface area (Å²) in [4.78, 5) is 25.3. The molecule has 0 saturated carbocycles. The van der Waals surface area contributed by atoms with E-state index in [9.17, 15) is 9.59 Å². The molecule has 4 aromatic rings. The molecule has 160 valence electrons. The second-order valence-corrected chi connectivity index (χ2v) is 7.53. The Labute approximate surface area is 188 Å². The molecule has 8 heteroatoms. The normalized spacial score (nSPS) is 10.8. The second-order valence-electron chi connectivity index (χ2n) is 6.58. The van der Waals surface area contributed by atoms with Crippen molar-refractivity contribution >= 4 is 29.4 Å². The number of methoxy groups -OCH3 is 1. The van der Waals surface area contributed by atoms with Gasteiger partial charge in [-0.15, -0.1) is 11.3 Å². The number of esters is 1. The summed E-state index contributed by atoms with van der Waals surface area (Å²) in [6.45, 7) is 0. The van der Waals surface area contributed by atoms with Gasteiger partial charge in [-0.2, -0.15) is 5.10 Å². The number of nitrogens with zero attached hydrogens (tertiary/aromatic N) is 2. The smallest absolute Gasteiger partial charge is 0.353 e. The molecule has 1 amide bonds. The summed E-state index contributed by atoms with van der Waals surface area (Å²) in [7, 11) is 1.48. The third kappa shape index (κ3) is 4.76. The van der Waals surface area contributed by atoms with Gasteiger partial charge in [0.15, 0.2) is 11.5 Å². The van der Waals surface area contributed by atoms with Gasteiger partial charge in [-0.1, -0.05) is 18.2 Å². The molecular formula is C24H19N3O4S. The van der Waals surface area contributed by atoms with Crippen molar-refractivity contribution in [2.75, 3.05) is 7.11 Å². The lowest BCUT2D eigenvalue weighted by Crippen LogP contribution is -2.19. The Balaban J connectivity index is 1.45. The number of hydrogen-bond acceptors (Lipinski definition) is 6. The largest absolute Gasteiger partial charge is 0.493 e. The average Bonchev–Trinajstić information content (AvgIpc) is 3.54. The standard InChI is InChI=1S/C24H19N3O4S/c1-30-21-15-17(10-11-20(21)31-24(29)22-9-6-14-32-22)16-25-26-23(28)18-7-2-3-8-19(18)27-12-4-5-13-27/h2-16H,1H3,(H,26,28). The molecule has 0 unspecified atom stereocenters. The van der Waals surface area contributed by atoms with Crippen LogP contribution in [0, 0.1) is 0 Å². The zero-order valence-electron chi connectivity index (χ0n) is 17.1. The van der Waals surface area contributed by atoms with Crippen molar-refractivity contribution in [3.05, 3.63) is 101 Å². The number of nitrogens with one attached hydrogen (secondary N) is 1. The first-order chi connectivity index (χ1) is 15.7. The lowest BCUT2D eigenvalue weighted by atomic mass is 10.1. The van der Waals surface area contributed by atoms with Crippen LogP contribution in [0.5, 0.6) is 11.5 Å². The van der Waals surface area contributed by atoms with Crippen LogP contribution >= 0.6 is 11.3 Å². The summed E-state index contributed by atoms with van der Waals surface area (Å²) in [6.07, 6.45) is 5.23. The van der Waals surface area contributed by atoms with Gasteiger partial charge in [-0.3, -0.25) is 4.79 Å². The molecule has 0 saturated heterocycles. The maximum absolute atomic E-state index is 12.6. The number of rotatable bonds is 7. The first-order valence-electron chi connectivity index (χ1n) is 9.65. The lowest BCUT2D eigenvalue weighted by molar-refractivity contribution is 0.0734. The van der Waals surface area contributed by atoms with Crippen molar-refractivity contribution in [3.63, 3.8) is 0 Å². The topological polar surface area (TPSA) is 81.9 Å². The third-order valence-corrected chi connectivity index (χ3v) is 5.37. The van der Waals surface area contributed by atoms with Crippen LogP contribution in [0.25, 0.3) is 5.69 Å². The van der Waals surface area contributed by atoms with Crippen LogP contribution in [0.3, 0.4) is 0 Å². The van der Waals surface area contributed by atoms with Crippen molar-refractivity contribution in [3.8, 4) is 17.2 Å². The summed E-state index contributed by atoms with van der Waals surface area (Å²) in [5.41, 5.74) is 4.46. The van der Waals surface area contributed by atoms with E-state index in [1.807, 2.05) is 41.2 Å². The van der Waals surface area contributed by atoms with Gasteiger partial charge in [0.2, 0.25) is 0 Å². The van der Waals surface area contributed by atoms with E-state index in [2.05, 4.69) is 10.5 Å². The molecule has 0 radical (unpaired) electrons. The Morgan fingerprint density at radius 2 is 1.81 bits per heavy atom. The van der Waals surface area contributed by atoms with Crippen molar-refractivity contribution in [1.29, 1.82) is 0 Å². The van der Waals surface area contributed by atoms with Gasteiger partial charge in [0, 0.05) is 12.4 Å². The molecule has 0 spiro atoms. The van der Waals surface area contributed by atoms with E-state index in [4.69, 9.17) is 9.47 Å². The van der Waals surface area contributed by atoms with E-state index in [1.165, 1.54) is 24.7 Å². The fraction of sp³-hybridized carbons (Fsp3) is 0.0417. The molecule has 2 aromatic carbocycles. The molecule has 7 nitrogen and oxygen atoms in total. The SMILES string of the molecule is COc1cc(C=NNC(=O)c2ccccc2-n2cccc2)ccc1OC(=O)c1cccs1. The minimum absolute atomic E-state index is 0.299. The van der Waals surface area contributed by atoms with Crippen LogP contribution in [0.2, 0.25) is 0 Å². The highest BCUT2D eigenvalue weighted by Crippen LogP contribution is 2.29. The number of aromatic nitrogens is 1. The number of hydrogen-bond donors (Lipinski definition) is 1. The van der Waals surface area contributed by atoms with Crippen molar-refractivity contribution < 1.29 is 19.1 Å². The highest BCUT2D eigenvalue weighted by atomic mass is 32.1. The molecule has 4 rings (SSSR count). The second kappa shape index (κ2) is 9.76. The maximum Gasteiger partial charge on any atom is 0.353 e. The quantitative estimate of drug-likeness (QED) is 0.196. The van der Waals surface area contributed by atoms with Gasteiger partial charge in [-0.25, -0.2) is 10.2 Å². The molecule has 0 aliphatic heterocycles. The minimum atomic E-state index is -0.451. The zero-order chi connectivity index (χ0) is 22.3. The molecule has 2 aromatic heterocycles. The van der Waals surface area contributed by atoms with Gasteiger partial charge >= 0.3 is 5.97 Å². The summed E-state index contributed by atoms with van der Waals surface area (Å²) >= 11 is 1.30. The molecule has 0 fully saturated rings. The number of amides is 1. The Hall–Kier alpha value is -4.17. The van der Waals surface area contributed by atoms with E-state index in [0.717, 1.165) is 5.69 Å². The highest BCUT2D eigenvalue weighted by molar-refractivity contribution is 7.12. The van der Waals surface area contributed by atoms with E-state index in [1.54, 1.807) is 47.8 Å². The van der Waals surface area contributed by atoms with Gasteiger partial charge in [0.05, 0.1) is 24.6 Å². The minimum Gasteiger partial charge on any atom is -0.493 e. The Bertz CT molecular complexity index is 1250. The van der Waals surface area contributed by atoms with Crippen LogP contribution in [0.1, 0.15) is 25.6 Å². The molecule has 0 aliphatic carbocycles. The fourth-order valence-corrected chi connectivity index (χ4v) is 3.60. The molecule has 0 atom stereocenters. The molecule has 1 N–H and O–H groups in total. The van der Waals surface area contributed by atoms with Crippen molar-refractivity contribution in [1.82, 2.24) is 9.99 Å². The maximum atomic E-state index is 12.6. The number of para-hydroxylation sites is 1. The number of carbonyl (C=O) groups is 2. The van der Waals surface area contributed by atoms with Gasteiger partial charge < -0.3 is 14.0 Å². The Morgan fingerprint density at radius 3 is 2.56 bits per heavy atom. The number of benzene rings is 2. The lowest BCUT2D eigenvalue weighted by Gasteiger charge is -2.10. The molecule has 2 heterocycles. The van der Waals surface area contributed by atoms with Gasteiger partial charge in [0.1, 0.15) is 4.88 Å². The van der Waals surface area contributed by atoms with E-state index in [0.29, 0.717) is 27.5 Å². The number of thiophene rings is 1. The Kier molecular flexibility index (Phi) is 6.43. The predicted octanol–water partition coefficient (Wildman–Crippen LogP) is 4.53. The first-order valence-corrected chi connectivity index (χ1v) is 10.5. The van der Waals surface area contributed by atoms with Crippen molar-refractivity contribution in [2.45, 2.75) is 0 Å². The number of hydrazone groups is 1. The molecule has 0 bridgehead atoms. The zero-order valence-corrected chi connectivity index (χ0v) is 17.9. The van der Waals surface area contributed by atoms with Crippen LogP contribution in [-0.4, -0.2) is 29.8 Å². The monoisotopic (exact) mass is 445 g/mol. The number of ether oxygens (including phenoxy) is 2. The molecule has 0 aliphatic rings. The molecule has 32 heavy (non-hydrogen) atoms. The summed E-state index contributed by atoms with van der Waals surface area (Å²) in [5.74, 6) is -0.108. The van der Waals surface area contributed by atoms with Crippen LogP contribution in [0.15, 0.2) is 89.6 Å². The van der Waals surface area contributed by atoms with Crippen LogP contribution < -0.4 is 14.9 Å². The Morgan fingerprint density at radius 1 is 1.00 bits per heavy atom. The van der Waals surface area contributed by atoms with E-state index in [-0.39, 0.29) is 5.91 Å². The predicted molar refractivity (Wildman–Crippen MR) is 123 cm³/mol. The first kappa shape index (κ1) is 21.1. The van der Waals surface area contributed by atoms with Crippen molar-refractivity contribution in [2.24, 2.45) is 5.10 Å². The summed E-state index contributed by atoms with van der Waals surface area (Å²) in [5, 5.41) is 5.86. The van der Waals surface area contributed by atoms with Gasteiger partial charge in [0.25, 0.3) is 5.91 Å². The van der Waals surface area contributed by atoms with Crippen LogP contribution in [0.4, 0.5) is 0 Å². The highest BCUT2D eigenvalue weighted by Gasteiger charge is 2.14. The fourth-order valence-electron chi connectivity index (χ4n) is 3.01.